The van der Waals surface area contributed by atoms with E-state index in [9.17, 15) is 29.6 Å². The Kier molecular flexibility index (Phi) is 7.47. The van der Waals surface area contributed by atoms with Crippen LogP contribution in [-0.2, 0) is 23.9 Å². The van der Waals surface area contributed by atoms with Gasteiger partial charge in [0.2, 0.25) is 5.75 Å². The maximum absolute atomic E-state index is 13.7. The summed E-state index contributed by atoms with van der Waals surface area (Å²) in [6, 6.07) is 2.46. The number of phenols is 1. The number of Topliss-reactive ketones (excluding diaryl/α,β-unsaturated/α-hetero) is 1. The van der Waals surface area contributed by atoms with Crippen LogP contribution in [-0.4, -0.2) is 48.1 Å². The molecule has 0 fully saturated rings. The Morgan fingerprint density at radius 3 is 2.51 bits per heavy atom. The number of allylic oxidation sites excluding steroid dienone is 3. The number of carbonyl (C=O) groups excluding carboxylic acids is 3. The maximum Gasteiger partial charge on any atom is 0.336 e. The van der Waals surface area contributed by atoms with Gasteiger partial charge in [-0.05, 0) is 44.7 Å². The minimum atomic E-state index is -1.11. The molecule has 1 aliphatic carbocycles. The van der Waals surface area contributed by atoms with Gasteiger partial charge in [-0.2, -0.15) is 0 Å². The maximum atomic E-state index is 13.7. The number of esters is 2. The van der Waals surface area contributed by atoms with Crippen LogP contribution in [0.3, 0.4) is 0 Å². The standard InChI is InChI=1S/C24H28N2O9/c1-6-34-16-10-13(9-15(21(16)27)26(31)32)19-18(24(30)35-7-2)12(4)25-14-8-11(3)17(23(29)33-5)22(28)20(14)19/h9-11,17,19,25,27H,6-8H2,1-5H3. The Morgan fingerprint density at radius 2 is 1.94 bits per heavy atom. The number of methoxy groups -OCH3 is 1. The van der Waals surface area contributed by atoms with E-state index < -0.39 is 45.9 Å². The van der Waals surface area contributed by atoms with E-state index in [1.165, 1.54) is 13.2 Å². The highest BCUT2D eigenvalue weighted by Crippen LogP contribution is 2.48. The molecule has 0 saturated heterocycles. The van der Waals surface area contributed by atoms with Crippen LogP contribution in [0.2, 0.25) is 0 Å². The van der Waals surface area contributed by atoms with Crippen molar-refractivity contribution in [3.63, 3.8) is 0 Å². The fraction of sp³-hybridized carbons (Fsp3) is 0.458. The first-order valence-corrected chi connectivity index (χ1v) is 11.2. The van der Waals surface area contributed by atoms with Crippen molar-refractivity contribution in [1.82, 2.24) is 5.32 Å². The lowest BCUT2D eigenvalue weighted by molar-refractivity contribution is -0.386. The number of nitro groups is 1. The summed E-state index contributed by atoms with van der Waals surface area (Å²) >= 11 is 0. The van der Waals surface area contributed by atoms with Gasteiger partial charge in [-0.1, -0.05) is 6.92 Å². The Bertz CT molecular complexity index is 1150. The summed E-state index contributed by atoms with van der Waals surface area (Å²) < 4.78 is 15.5. The van der Waals surface area contributed by atoms with Gasteiger partial charge in [0, 0.05) is 29.0 Å². The second-order valence-electron chi connectivity index (χ2n) is 8.33. The Hall–Kier alpha value is -3.89. The van der Waals surface area contributed by atoms with E-state index in [0.29, 0.717) is 17.8 Å². The molecule has 0 bridgehead atoms. The molecule has 0 aromatic heterocycles. The smallest absolute Gasteiger partial charge is 0.336 e. The van der Waals surface area contributed by atoms with Gasteiger partial charge in [0.15, 0.2) is 11.5 Å². The normalized spacial score (nSPS) is 21.7. The fourth-order valence-corrected chi connectivity index (χ4v) is 4.68. The molecule has 3 atom stereocenters. The number of aromatic hydroxyl groups is 1. The lowest BCUT2D eigenvalue weighted by Crippen LogP contribution is -2.43. The monoisotopic (exact) mass is 488 g/mol. The van der Waals surface area contributed by atoms with E-state index in [4.69, 9.17) is 14.2 Å². The number of nitrogens with one attached hydrogen (secondary N) is 1. The minimum Gasteiger partial charge on any atom is -0.500 e. The highest BCUT2D eigenvalue weighted by Gasteiger charge is 2.47. The van der Waals surface area contributed by atoms with Crippen LogP contribution in [0.1, 0.15) is 45.6 Å². The van der Waals surface area contributed by atoms with Gasteiger partial charge < -0.3 is 24.6 Å². The Balaban J connectivity index is 2.32. The molecule has 0 saturated carbocycles. The number of nitrogens with zero attached hydrogens (tertiary/aromatic N) is 1. The van der Waals surface area contributed by atoms with Crippen molar-refractivity contribution < 1.29 is 38.6 Å². The Morgan fingerprint density at radius 1 is 1.26 bits per heavy atom. The SMILES string of the molecule is CCOC(=O)C1=C(C)NC2=C(C(=O)C(C(=O)OC)C(C)C2)C1c1cc(OCC)c(O)c([N+](=O)[O-])c1. The van der Waals surface area contributed by atoms with Crippen molar-refractivity contribution in [3.8, 4) is 11.5 Å². The average molecular weight is 488 g/mol. The summed E-state index contributed by atoms with van der Waals surface area (Å²) in [4.78, 5) is 50.1. The molecule has 1 aromatic rings. The van der Waals surface area contributed by atoms with Crippen LogP contribution in [0, 0.1) is 22.0 Å². The third-order valence-electron chi connectivity index (χ3n) is 6.15. The number of nitro benzene ring substituents is 1. The lowest BCUT2D eigenvalue weighted by Gasteiger charge is -2.38. The number of carbonyl (C=O) groups is 3. The van der Waals surface area contributed by atoms with Crippen molar-refractivity contribution in [2.75, 3.05) is 20.3 Å². The van der Waals surface area contributed by atoms with E-state index in [-0.39, 0.29) is 41.6 Å². The van der Waals surface area contributed by atoms with Gasteiger partial charge in [-0.15, -0.1) is 0 Å². The van der Waals surface area contributed by atoms with E-state index in [1.807, 2.05) is 0 Å². The molecule has 188 valence electrons. The van der Waals surface area contributed by atoms with Gasteiger partial charge in [-0.3, -0.25) is 19.7 Å². The van der Waals surface area contributed by atoms with Crippen LogP contribution < -0.4 is 10.1 Å². The van der Waals surface area contributed by atoms with Gasteiger partial charge >= 0.3 is 17.6 Å². The number of hydrogen-bond donors (Lipinski definition) is 2. The molecular formula is C24H28N2O9. The molecule has 2 aliphatic rings. The fourth-order valence-electron chi connectivity index (χ4n) is 4.68. The van der Waals surface area contributed by atoms with Crippen molar-refractivity contribution in [1.29, 1.82) is 0 Å². The third kappa shape index (κ3) is 4.58. The van der Waals surface area contributed by atoms with Crippen LogP contribution >= 0.6 is 0 Å². The zero-order chi connectivity index (χ0) is 26.0. The van der Waals surface area contributed by atoms with E-state index in [2.05, 4.69) is 5.32 Å². The van der Waals surface area contributed by atoms with Crippen LogP contribution in [0.4, 0.5) is 5.69 Å². The molecule has 35 heavy (non-hydrogen) atoms. The quantitative estimate of drug-likeness (QED) is 0.253. The van der Waals surface area contributed by atoms with Crippen LogP contribution in [0.25, 0.3) is 0 Å². The highest BCUT2D eigenvalue weighted by molar-refractivity contribution is 6.12. The number of ketones is 1. The zero-order valence-electron chi connectivity index (χ0n) is 20.2. The molecule has 3 unspecified atom stereocenters. The van der Waals surface area contributed by atoms with Gasteiger partial charge in [-0.25, -0.2) is 4.79 Å². The molecule has 1 heterocycles. The molecule has 11 nitrogen and oxygen atoms in total. The van der Waals surface area contributed by atoms with Crippen molar-refractivity contribution in [2.24, 2.45) is 11.8 Å². The van der Waals surface area contributed by atoms with Crippen LogP contribution in [0.15, 0.2) is 34.7 Å². The second kappa shape index (κ2) is 10.2. The molecule has 0 amide bonds. The molecule has 2 N–H and O–H groups in total. The van der Waals surface area contributed by atoms with E-state index >= 15 is 0 Å². The highest BCUT2D eigenvalue weighted by atomic mass is 16.6. The second-order valence-corrected chi connectivity index (χ2v) is 8.33. The van der Waals surface area contributed by atoms with Crippen molar-refractivity contribution in [3.05, 3.63) is 50.4 Å². The molecule has 3 rings (SSSR count). The first kappa shape index (κ1) is 25.7. The van der Waals surface area contributed by atoms with Gasteiger partial charge in [0.1, 0.15) is 5.92 Å². The topological polar surface area (TPSA) is 154 Å². The van der Waals surface area contributed by atoms with Crippen LogP contribution in [0.5, 0.6) is 11.5 Å². The number of hydrogen-bond acceptors (Lipinski definition) is 10. The summed E-state index contributed by atoms with van der Waals surface area (Å²) in [5.74, 6) is -5.40. The summed E-state index contributed by atoms with van der Waals surface area (Å²) in [5.41, 5.74) is 0.632. The number of dihydropyridines is 1. The largest absolute Gasteiger partial charge is 0.500 e. The third-order valence-corrected chi connectivity index (χ3v) is 6.15. The summed E-state index contributed by atoms with van der Waals surface area (Å²) in [5, 5.41) is 25.2. The molecule has 0 radical (unpaired) electrons. The molecule has 1 aromatic carbocycles. The van der Waals surface area contributed by atoms with E-state index in [0.717, 1.165) is 6.07 Å². The predicted molar refractivity (Wildman–Crippen MR) is 122 cm³/mol. The van der Waals surface area contributed by atoms with Gasteiger partial charge in [0.25, 0.3) is 0 Å². The first-order chi connectivity index (χ1) is 16.6. The van der Waals surface area contributed by atoms with E-state index in [1.54, 1.807) is 27.7 Å². The zero-order valence-corrected chi connectivity index (χ0v) is 20.2. The minimum absolute atomic E-state index is 0.0595. The molecule has 0 spiro atoms. The summed E-state index contributed by atoms with van der Waals surface area (Å²) in [6.07, 6.45) is 0.309. The first-order valence-electron chi connectivity index (χ1n) is 11.2. The lowest BCUT2D eigenvalue weighted by atomic mass is 9.69. The van der Waals surface area contributed by atoms with Crippen molar-refractivity contribution >= 4 is 23.4 Å². The average Bonchev–Trinajstić information content (AvgIpc) is 2.79. The molecular weight excluding hydrogens is 460 g/mol. The predicted octanol–water partition coefficient (Wildman–Crippen LogP) is 2.88. The number of benzene rings is 1. The Labute approximate surface area is 201 Å². The number of rotatable bonds is 7. The summed E-state index contributed by atoms with van der Waals surface area (Å²) in [6.45, 7) is 6.83. The van der Waals surface area contributed by atoms with Crippen molar-refractivity contribution in [2.45, 2.75) is 40.0 Å². The summed E-state index contributed by atoms with van der Waals surface area (Å²) in [7, 11) is 1.19. The van der Waals surface area contributed by atoms with Gasteiger partial charge in [0.05, 0.1) is 30.8 Å². The molecule has 11 heteroatoms. The molecule has 1 aliphatic heterocycles. The number of ether oxygens (including phenoxy) is 3. The number of phenolic OH excluding ortho intramolecular Hbond substituents is 1.